The lowest BCUT2D eigenvalue weighted by Gasteiger charge is -2.06. The molecule has 3 aromatic rings. The maximum Gasteiger partial charge on any atom is 0.120 e. The number of pyridine rings is 1. The number of ether oxygens (including phenoxy) is 1. The molecule has 0 bridgehead atoms. The Kier molecular flexibility index (Phi) is 3.59. The maximum atomic E-state index is 9.33. The van der Waals surface area contributed by atoms with E-state index in [0.717, 1.165) is 16.6 Å². The Morgan fingerprint density at radius 3 is 2.90 bits per heavy atom. The molecule has 21 heavy (non-hydrogen) atoms. The normalized spacial score (nSPS) is 10.5. The molecule has 0 radical (unpaired) electrons. The van der Waals surface area contributed by atoms with Crippen molar-refractivity contribution in [1.82, 2.24) is 4.40 Å². The number of nitriles is 1. The summed E-state index contributed by atoms with van der Waals surface area (Å²) in [7, 11) is 0. The first kappa shape index (κ1) is 13.2. The van der Waals surface area contributed by atoms with E-state index < -0.39 is 0 Å². The molecule has 1 N–H and O–H groups in total. The number of benzene rings is 1. The minimum Gasteiger partial charge on any atom is -0.489 e. The second kappa shape index (κ2) is 5.70. The van der Waals surface area contributed by atoms with E-state index in [1.807, 2.05) is 53.2 Å². The quantitative estimate of drug-likeness (QED) is 0.798. The highest BCUT2D eigenvalue weighted by atomic mass is 16.5. The fourth-order valence-corrected chi connectivity index (χ4v) is 2.31. The first-order valence-electron chi connectivity index (χ1n) is 6.63. The first-order valence-corrected chi connectivity index (χ1v) is 6.63. The third kappa shape index (κ3) is 2.60. The smallest absolute Gasteiger partial charge is 0.120 e. The molecule has 4 nitrogen and oxygen atoms in total. The minimum absolute atomic E-state index is 0.0171. The van der Waals surface area contributed by atoms with Crippen LogP contribution in [0, 0.1) is 11.3 Å². The van der Waals surface area contributed by atoms with Crippen LogP contribution in [-0.2, 0) is 13.2 Å². The van der Waals surface area contributed by atoms with Crippen molar-refractivity contribution in [2.75, 3.05) is 0 Å². The summed E-state index contributed by atoms with van der Waals surface area (Å²) in [6, 6.07) is 15.3. The molecule has 0 unspecified atom stereocenters. The molecule has 0 atom stereocenters. The molecule has 104 valence electrons. The van der Waals surface area contributed by atoms with E-state index in [-0.39, 0.29) is 6.61 Å². The van der Waals surface area contributed by atoms with Gasteiger partial charge in [0.2, 0.25) is 0 Å². The van der Waals surface area contributed by atoms with Gasteiger partial charge < -0.3 is 14.2 Å². The average molecular weight is 278 g/mol. The van der Waals surface area contributed by atoms with Crippen molar-refractivity contribution in [3.05, 3.63) is 71.5 Å². The Hall–Kier alpha value is -2.77. The van der Waals surface area contributed by atoms with Crippen LogP contribution in [0.2, 0.25) is 0 Å². The molecule has 0 amide bonds. The molecule has 0 spiro atoms. The van der Waals surface area contributed by atoms with E-state index in [9.17, 15) is 5.26 Å². The molecule has 0 saturated carbocycles. The Labute approximate surface area is 122 Å². The number of hydrogen-bond acceptors (Lipinski definition) is 3. The van der Waals surface area contributed by atoms with Crippen molar-refractivity contribution in [3.63, 3.8) is 0 Å². The molecule has 1 aromatic carbocycles. The van der Waals surface area contributed by atoms with Gasteiger partial charge in [-0.05, 0) is 29.8 Å². The van der Waals surface area contributed by atoms with Gasteiger partial charge in [-0.3, -0.25) is 0 Å². The van der Waals surface area contributed by atoms with Crippen molar-refractivity contribution < 1.29 is 9.84 Å². The Morgan fingerprint density at radius 2 is 2.10 bits per heavy atom. The highest BCUT2D eigenvalue weighted by molar-refractivity contribution is 5.65. The van der Waals surface area contributed by atoms with Gasteiger partial charge in [-0.25, -0.2) is 0 Å². The summed E-state index contributed by atoms with van der Waals surface area (Å²) in [5, 5.41) is 18.5. The monoisotopic (exact) mass is 278 g/mol. The SMILES string of the molecule is N#Cc1c(COc2cccc(CO)c2)cn2ccccc12. The van der Waals surface area contributed by atoms with Crippen LogP contribution < -0.4 is 4.74 Å². The fourth-order valence-electron chi connectivity index (χ4n) is 2.31. The summed E-state index contributed by atoms with van der Waals surface area (Å²) in [5.41, 5.74) is 3.16. The van der Waals surface area contributed by atoms with Crippen molar-refractivity contribution in [2.45, 2.75) is 13.2 Å². The Balaban J connectivity index is 1.86. The zero-order valence-corrected chi connectivity index (χ0v) is 11.4. The summed E-state index contributed by atoms with van der Waals surface area (Å²) in [4.78, 5) is 0. The van der Waals surface area contributed by atoms with Crippen LogP contribution in [0.3, 0.4) is 0 Å². The van der Waals surface area contributed by atoms with Gasteiger partial charge in [0, 0.05) is 18.0 Å². The lowest BCUT2D eigenvalue weighted by atomic mass is 10.2. The lowest BCUT2D eigenvalue weighted by Crippen LogP contribution is -1.96. The van der Waals surface area contributed by atoms with Crippen molar-refractivity contribution in [2.24, 2.45) is 0 Å². The van der Waals surface area contributed by atoms with Crippen LogP contribution in [-0.4, -0.2) is 9.51 Å². The van der Waals surface area contributed by atoms with E-state index in [1.54, 1.807) is 6.07 Å². The molecule has 0 aliphatic heterocycles. The van der Waals surface area contributed by atoms with Crippen LogP contribution in [0.1, 0.15) is 16.7 Å². The fraction of sp³-hybridized carbons (Fsp3) is 0.118. The van der Waals surface area contributed by atoms with Gasteiger partial charge in [0.1, 0.15) is 18.4 Å². The minimum atomic E-state index is -0.0171. The molecule has 2 heterocycles. The second-order valence-corrected chi connectivity index (χ2v) is 4.73. The zero-order chi connectivity index (χ0) is 14.7. The summed E-state index contributed by atoms with van der Waals surface area (Å²) >= 11 is 0. The molecule has 0 saturated heterocycles. The zero-order valence-electron chi connectivity index (χ0n) is 11.4. The van der Waals surface area contributed by atoms with Crippen molar-refractivity contribution in [1.29, 1.82) is 5.26 Å². The van der Waals surface area contributed by atoms with Gasteiger partial charge in [-0.15, -0.1) is 0 Å². The largest absolute Gasteiger partial charge is 0.489 e. The maximum absolute atomic E-state index is 9.33. The average Bonchev–Trinajstić information content (AvgIpc) is 2.90. The molecule has 0 aliphatic rings. The van der Waals surface area contributed by atoms with E-state index >= 15 is 0 Å². The van der Waals surface area contributed by atoms with Crippen LogP contribution in [0.5, 0.6) is 5.75 Å². The highest BCUT2D eigenvalue weighted by Crippen LogP contribution is 2.20. The van der Waals surface area contributed by atoms with E-state index in [4.69, 9.17) is 9.84 Å². The molecule has 0 fully saturated rings. The number of aromatic nitrogens is 1. The number of aliphatic hydroxyl groups excluding tert-OH is 1. The Morgan fingerprint density at radius 1 is 1.19 bits per heavy atom. The molecule has 2 aromatic heterocycles. The Bertz CT molecular complexity index is 815. The molecular weight excluding hydrogens is 264 g/mol. The number of fused-ring (bicyclic) bond motifs is 1. The van der Waals surface area contributed by atoms with Gasteiger partial charge in [0.05, 0.1) is 17.7 Å². The number of hydrogen-bond donors (Lipinski definition) is 1. The van der Waals surface area contributed by atoms with Gasteiger partial charge in [0.15, 0.2) is 0 Å². The molecule has 0 aliphatic carbocycles. The standard InChI is InChI=1S/C17H14N2O2/c18-9-16-14(10-19-7-2-1-6-17(16)19)12-21-15-5-3-4-13(8-15)11-20/h1-8,10,20H,11-12H2. The number of nitrogens with zero attached hydrogens (tertiary/aromatic N) is 2. The highest BCUT2D eigenvalue weighted by Gasteiger charge is 2.10. The third-order valence-corrected chi connectivity index (χ3v) is 3.35. The van der Waals surface area contributed by atoms with Crippen LogP contribution in [0.15, 0.2) is 54.9 Å². The predicted molar refractivity (Wildman–Crippen MR) is 78.8 cm³/mol. The van der Waals surface area contributed by atoms with Crippen LogP contribution in [0.25, 0.3) is 5.52 Å². The number of rotatable bonds is 4. The second-order valence-electron chi connectivity index (χ2n) is 4.73. The van der Waals surface area contributed by atoms with E-state index in [2.05, 4.69) is 6.07 Å². The van der Waals surface area contributed by atoms with Crippen LogP contribution >= 0.6 is 0 Å². The van der Waals surface area contributed by atoms with Crippen molar-refractivity contribution >= 4 is 5.52 Å². The lowest BCUT2D eigenvalue weighted by molar-refractivity contribution is 0.278. The first-order chi connectivity index (χ1) is 10.3. The summed E-state index contributed by atoms with van der Waals surface area (Å²) in [6.07, 6.45) is 3.82. The molecule has 3 rings (SSSR count). The van der Waals surface area contributed by atoms with Crippen LogP contribution in [0.4, 0.5) is 0 Å². The summed E-state index contributed by atoms with van der Waals surface area (Å²) < 4.78 is 7.65. The van der Waals surface area contributed by atoms with Gasteiger partial charge >= 0.3 is 0 Å². The van der Waals surface area contributed by atoms with Gasteiger partial charge in [-0.1, -0.05) is 18.2 Å². The van der Waals surface area contributed by atoms with Crippen molar-refractivity contribution in [3.8, 4) is 11.8 Å². The summed E-state index contributed by atoms with van der Waals surface area (Å²) in [6.45, 7) is 0.302. The summed E-state index contributed by atoms with van der Waals surface area (Å²) in [5.74, 6) is 0.681. The molecular formula is C17H14N2O2. The third-order valence-electron chi connectivity index (χ3n) is 3.35. The van der Waals surface area contributed by atoms with Gasteiger partial charge in [-0.2, -0.15) is 5.26 Å². The molecule has 4 heteroatoms. The number of aliphatic hydroxyl groups is 1. The van der Waals surface area contributed by atoms with E-state index in [0.29, 0.717) is 17.9 Å². The van der Waals surface area contributed by atoms with Gasteiger partial charge in [0.25, 0.3) is 0 Å². The topological polar surface area (TPSA) is 57.7 Å². The van der Waals surface area contributed by atoms with E-state index in [1.165, 1.54) is 0 Å². The predicted octanol–water partition coefficient (Wildman–Crippen LogP) is 2.88.